The van der Waals surface area contributed by atoms with Gasteiger partial charge in [0.1, 0.15) is 5.82 Å². The predicted octanol–water partition coefficient (Wildman–Crippen LogP) is 2.86. The largest absolute Gasteiger partial charge is 0.379 e. The standard InChI is InChI=1S/C23H37N5O2/c1-3-5-16-29-18-19-30-17-14-27-23(24-4-2)26-12-11-22-25-13-15-28(22)20-21-9-7-6-8-10-21/h6-10,13,15H,3-5,11-12,14,16-20H2,1-2H3,(H2,24,26,27). The van der Waals surface area contributed by atoms with Crippen LogP contribution in [0, 0.1) is 0 Å². The zero-order valence-corrected chi connectivity index (χ0v) is 18.5. The second kappa shape index (κ2) is 15.5. The van der Waals surface area contributed by atoms with Crippen molar-refractivity contribution < 1.29 is 9.47 Å². The van der Waals surface area contributed by atoms with Crippen molar-refractivity contribution in [2.45, 2.75) is 39.7 Å². The van der Waals surface area contributed by atoms with E-state index in [1.807, 2.05) is 18.5 Å². The maximum absolute atomic E-state index is 5.58. The summed E-state index contributed by atoms with van der Waals surface area (Å²) in [6, 6.07) is 10.4. The first kappa shape index (κ1) is 23.9. The lowest BCUT2D eigenvalue weighted by molar-refractivity contribution is 0.0497. The first-order valence-electron chi connectivity index (χ1n) is 11.0. The van der Waals surface area contributed by atoms with Gasteiger partial charge in [-0.3, -0.25) is 4.99 Å². The summed E-state index contributed by atoms with van der Waals surface area (Å²) in [6.45, 7) is 9.94. The summed E-state index contributed by atoms with van der Waals surface area (Å²) in [5.41, 5.74) is 1.27. The zero-order valence-electron chi connectivity index (χ0n) is 18.5. The maximum atomic E-state index is 5.58. The van der Waals surface area contributed by atoms with Crippen molar-refractivity contribution in [3.8, 4) is 0 Å². The fourth-order valence-corrected chi connectivity index (χ4v) is 2.92. The van der Waals surface area contributed by atoms with Gasteiger partial charge in [0.2, 0.25) is 0 Å². The van der Waals surface area contributed by atoms with Gasteiger partial charge in [-0.15, -0.1) is 0 Å². The molecule has 166 valence electrons. The Labute approximate surface area is 180 Å². The highest BCUT2D eigenvalue weighted by molar-refractivity contribution is 5.79. The Balaban J connectivity index is 1.67. The molecule has 7 nitrogen and oxygen atoms in total. The predicted molar refractivity (Wildman–Crippen MR) is 122 cm³/mol. The number of nitrogens with zero attached hydrogens (tertiary/aromatic N) is 3. The van der Waals surface area contributed by atoms with E-state index >= 15 is 0 Å². The van der Waals surface area contributed by atoms with Crippen molar-refractivity contribution in [2.24, 2.45) is 4.99 Å². The van der Waals surface area contributed by atoms with Crippen LogP contribution in [-0.4, -0.2) is 61.6 Å². The second-order valence-electron chi connectivity index (χ2n) is 6.97. The Morgan fingerprint density at radius 1 is 1.03 bits per heavy atom. The average Bonchev–Trinajstić information content (AvgIpc) is 3.20. The van der Waals surface area contributed by atoms with Crippen LogP contribution in [0.2, 0.25) is 0 Å². The van der Waals surface area contributed by atoms with Gasteiger partial charge in [-0.1, -0.05) is 43.7 Å². The molecule has 1 aromatic heterocycles. The van der Waals surface area contributed by atoms with Gasteiger partial charge in [0.05, 0.1) is 26.4 Å². The van der Waals surface area contributed by atoms with Crippen molar-refractivity contribution in [1.82, 2.24) is 20.2 Å². The number of aromatic nitrogens is 2. The summed E-state index contributed by atoms with van der Waals surface area (Å²) in [4.78, 5) is 9.08. The molecular weight excluding hydrogens is 378 g/mol. The van der Waals surface area contributed by atoms with Crippen LogP contribution in [0.4, 0.5) is 0 Å². The van der Waals surface area contributed by atoms with Crippen LogP contribution in [0.1, 0.15) is 38.1 Å². The van der Waals surface area contributed by atoms with Gasteiger partial charge in [-0.05, 0) is 18.9 Å². The molecule has 2 N–H and O–H groups in total. The molecule has 0 saturated carbocycles. The molecule has 7 heteroatoms. The molecule has 0 unspecified atom stereocenters. The minimum atomic E-state index is 0.592. The number of unbranched alkanes of at least 4 members (excludes halogenated alkanes) is 1. The molecule has 1 heterocycles. The number of imidazole rings is 1. The smallest absolute Gasteiger partial charge is 0.191 e. The molecule has 30 heavy (non-hydrogen) atoms. The molecule has 0 saturated heterocycles. The van der Waals surface area contributed by atoms with E-state index in [1.165, 1.54) is 5.56 Å². The van der Waals surface area contributed by atoms with Gasteiger partial charge in [0.15, 0.2) is 5.96 Å². The molecular formula is C23H37N5O2. The van der Waals surface area contributed by atoms with E-state index in [-0.39, 0.29) is 0 Å². The Hall–Kier alpha value is -2.38. The van der Waals surface area contributed by atoms with Crippen molar-refractivity contribution in [3.63, 3.8) is 0 Å². The molecule has 1 aromatic carbocycles. The first-order valence-corrected chi connectivity index (χ1v) is 11.0. The van der Waals surface area contributed by atoms with E-state index in [2.05, 4.69) is 63.3 Å². The highest BCUT2D eigenvalue weighted by Crippen LogP contribution is 2.05. The summed E-state index contributed by atoms with van der Waals surface area (Å²) >= 11 is 0. The Kier molecular flexibility index (Phi) is 12.3. The molecule has 0 radical (unpaired) electrons. The number of hydrogen-bond donors (Lipinski definition) is 2. The van der Waals surface area contributed by atoms with Crippen LogP contribution in [-0.2, 0) is 22.4 Å². The molecule has 2 aromatic rings. The molecule has 0 aliphatic rings. The lowest BCUT2D eigenvalue weighted by Gasteiger charge is -2.12. The van der Waals surface area contributed by atoms with Gasteiger partial charge < -0.3 is 24.7 Å². The second-order valence-corrected chi connectivity index (χ2v) is 6.97. The third-order valence-electron chi connectivity index (χ3n) is 4.50. The maximum Gasteiger partial charge on any atom is 0.191 e. The quantitative estimate of drug-likeness (QED) is 0.266. The highest BCUT2D eigenvalue weighted by atomic mass is 16.5. The van der Waals surface area contributed by atoms with Crippen molar-refractivity contribution in [2.75, 3.05) is 46.1 Å². The fourth-order valence-electron chi connectivity index (χ4n) is 2.92. The number of benzene rings is 1. The number of ether oxygens (including phenoxy) is 2. The molecule has 0 bridgehead atoms. The van der Waals surface area contributed by atoms with Gasteiger partial charge in [-0.2, -0.15) is 0 Å². The van der Waals surface area contributed by atoms with Crippen LogP contribution in [0.5, 0.6) is 0 Å². The van der Waals surface area contributed by atoms with Gasteiger partial charge in [0.25, 0.3) is 0 Å². The average molecular weight is 416 g/mol. The molecule has 2 rings (SSSR count). The van der Waals surface area contributed by atoms with E-state index in [0.717, 1.165) is 57.3 Å². The molecule has 0 aliphatic carbocycles. The number of rotatable bonds is 15. The van der Waals surface area contributed by atoms with Crippen LogP contribution in [0.3, 0.4) is 0 Å². The molecule has 0 fully saturated rings. The first-order chi connectivity index (χ1) is 14.8. The van der Waals surface area contributed by atoms with Crippen LogP contribution in [0.15, 0.2) is 47.7 Å². The Bertz CT molecular complexity index is 703. The third kappa shape index (κ3) is 9.89. The van der Waals surface area contributed by atoms with Crippen molar-refractivity contribution in [1.29, 1.82) is 0 Å². The van der Waals surface area contributed by atoms with E-state index in [0.29, 0.717) is 26.4 Å². The molecule has 0 spiro atoms. The van der Waals surface area contributed by atoms with Crippen LogP contribution >= 0.6 is 0 Å². The number of aliphatic imine (C=N–C) groups is 1. The summed E-state index contributed by atoms with van der Waals surface area (Å²) in [5, 5.41) is 6.65. The number of nitrogens with one attached hydrogen (secondary N) is 2. The van der Waals surface area contributed by atoms with Crippen molar-refractivity contribution in [3.05, 3.63) is 54.1 Å². The summed E-state index contributed by atoms with van der Waals surface area (Å²) in [7, 11) is 0. The molecule has 0 aliphatic heterocycles. The van der Waals surface area contributed by atoms with Crippen molar-refractivity contribution >= 4 is 5.96 Å². The lowest BCUT2D eigenvalue weighted by atomic mass is 10.2. The highest BCUT2D eigenvalue weighted by Gasteiger charge is 2.04. The number of hydrogen-bond acceptors (Lipinski definition) is 4. The summed E-state index contributed by atoms with van der Waals surface area (Å²) in [5.74, 6) is 1.87. The normalized spacial score (nSPS) is 11.6. The van der Waals surface area contributed by atoms with E-state index in [1.54, 1.807) is 0 Å². The Morgan fingerprint density at radius 3 is 2.60 bits per heavy atom. The monoisotopic (exact) mass is 415 g/mol. The van der Waals surface area contributed by atoms with Crippen LogP contribution in [0.25, 0.3) is 0 Å². The molecule has 0 amide bonds. The van der Waals surface area contributed by atoms with Gasteiger partial charge in [0, 0.05) is 45.1 Å². The van der Waals surface area contributed by atoms with Gasteiger partial charge >= 0.3 is 0 Å². The summed E-state index contributed by atoms with van der Waals surface area (Å²) < 4.78 is 13.3. The minimum Gasteiger partial charge on any atom is -0.379 e. The van der Waals surface area contributed by atoms with Gasteiger partial charge in [-0.25, -0.2) is 4.98 Å². The Morgan fingerprint density at radius 2 is 1.83 bits per heavy atom. The van der Waals surface area contributed by atoms with E-state index < -0.39 is 0 Å². The summed E-state index contributed by atoms with van der Waals surface area (Å²) in [6.07, 6.45) is 6.99. The SMILES string of the molecule is CCCCOCCOCCN=C(NCC)NCCc1nccn1Cc1ccccc1. The molecule has 0 atom stereocenters. The minimum absolute atomic E-state index is 0.592. The van der Waals surface area contributed by atoms with E-state index in [9.17, 15) is 0 Å². The fraction of sp³-hybridized carbons (Fsp3) is 0.565. The van der Waals surface area contributed by atoms with Crippen LogP contribution < -0.4 is 10.6 Å². The number of guanidine groups is 1. The lowest BCUT2D eigenvalue weighted by Crippen LogP contribution is -2.38. The van der Waals surface area contributed by atoms with E-state index in [4.69, 9.17) is 9.47 Å². The third-order valence-corrected chi connectivity index (χ3v) is 4.50. The zero-order chi connectivity index (χ0) is 21.3. The topological polar surface area (TPSA) is 72.7 Å².